The van der Waals surface area contributed by atoms with Gasteiger partial charge in [0.2, 0.25) is 0 Å². The van der Waals surface area contributed by atoms with Crippen molar-refractivity contribution in [1.29, 1.82) is 0 Å². The second-order valence-corrected chi connectivity index (χ2v) is 20.3. The van der Waals surface area contributed by atoms with Crippen LogP contribution >= 0.6 is 0 Å². The standard InChI is InChI=1S/2C11H16O.O.2Sn.4H/c2*1-2-3-4-7-10-8-5-6-9-11(10)12;;;;;;;/h2*5-6,8-9,12H,2-4,7H2,1H3;;;;;;;/q;;;;+2;;;;/p-2. The van der Waals surface area contributed by atoms with Crippen molar-refractivity contribution in [1.82, 2.24) is 0 Å². The minimum atomic E-state index is -3.00. The normalized spacial score (nSPS) is 11.1. The number of hydrogen-bond acceptors (Lipinski definition) is 3. The molecule has 148 valence electrons. The van der Waals surface area contributed by atoms with Gasteiger partial charge in [-0.05, 0) is 0 Å². The Morgan fingerprint density at radius 3 is 1.56 bits per heavy atom. The van der Waals surface area contributed by atoms with Gasteiger partial charge in [-0.2, -0.15) is 0 Å². The molecule has 27 heavy (non-hydrogen) atoms. The molecule has 0 amide bonds. The van der Waals surface area contributed by atoms with Crippen molar-refractivity contribution >= 4 is 43.9 Å². The average Bonchev–Trinajstić information content (AvgIpc) is 2.70. The van der Waals surface area contributed by atoms with Crippen molar-refractivity contribution in [2.75, 3.05) is 0 Å². The molecule has 0 atom stereocenters. The van der Waals surface area contributed by atoms with Crippen LogP contribution in [-0.2, 0) is 14.3 Å². The zero-order valence-electron chi connectivity index (χ0n) is 17.1. The third kappa shape index (κ3) is 8.24. The Morgan fingerprint density at radius 1 is 0.704 bits per heavy atom. The summed E-state index contributed by atoms with van der Waals surface area (Å²) in [6, 6.07) is 16.7. The summed E-state index contributed by atoms with van der Waals surface area (Å²) in [5, 5.41) is 0. The first-order valence-corrected chi connectivity index (χ1v) is 16.7. The molecule has 0 fully saturated rings. The molecule has 0 aliphatic carbocycles. The maximum absolute atomic E-state index is 6.33. The SMILES string of the molecule is CCCCCc1ccccc1[O][SnH]([O][SnH3])[O]c1ccccc1CCCCC. The summed E-state index contributed by atoms with van der Waals surface area (Å²) < 4.78 is 18.6. The van der Waals surface area contributed by atoms with Gasteiger partial charge < -0.3 is 0 Å². The van der Waals surface area contributed by atoms with Gasteiger partial charge in [0.25, 0.3) is 0 Å². The van der Waals surface area contributed by atoms with E-state index in [1.807, 2.05) is 12.1 Å². The maximum atomic E-state index is 6.33. The van der Waals surface area contributed by atoms with Crippen LogP contribution in [-0.4, -0.2) is 43.9 Å². The summed E-state index contributed by atoms with van der Waals surface area (Å²) in [4.78, 5) is 0. The predicted octanol–water partition coefficient (Wildman–Crippen LogP) is 4.62. The first-order valence-electron chi connectivity index (χ1n) is 10.3. The molecule has 2 rings (SSSR count). The van der Waals surface area contributed by atoms with Gasteiger partial charge in [-0.25, -0.2) is 0 Å². The van der Waals surface area contributed by atoms with E-state index in [0.29, 0.717) is 0 Å². The van der Waals surface area contributed by atoms with Crippen LogP contribution < -0.4 is 6.15 Å². The molecule has 0 radical (unpaired) electrons. The third-order valence-electron chi connectivity index (χ3n) is 4.68. The molecule has 0 N–H and O–H groups in total. The van der Waals surface area contributed by atoms with Gasteiger partial charge in [0, 0.05) is 0 Å². The van der Waals surface area contributed by atoms with Crippen molar-refractivity contribution in [2.24, 2.45) is 0 Å². The summed E-state index contributed by atoms with van der Waals surface area (Å²) in [6.45, 7) is 4.47. The van der Waals surface area contributed by atoms with E-state index in [1.165, 1.54) is 49.7 Å². The molecule has 5 heteroatoms. The van der Waals surface area contributed by atoms with Crippen molar-refractivity contribution in [3.63, 3.8) is 0 Å². The van der Waals surface area contributed by atoms with Crippen molar-refractivity contribution in [3.8, 4) is 11.5 Å². The summed E-state index contributed by atoms with van der Waals surface area (Å²) in [5.41, 5.74) is 2.56. The minimum absolute atomic E-state index is 0.0928. The Hall–Kier alpha value is -0.403. The second-order valence-electron chi connectivity index (χ2n) is 6.89. The first-order chi connectivity index (χ1) is 13.3. The zero-order chi connectivity index (χ0) is 19.3. The molecular weight excluding hydrogens is 550 g/mol. The molecule has 0 heterocycles. The summed E-state index contributed by atoms with van der Waals surface area (Å²) in [6.07, 6.45) is 9.48. The predicted molar refractivity (Wildman–Crippen MR) is 119 cm³/mol. The van der Waals surface area contributed by atoms with Gasteiger partial charge in [0.05, 0.1) is 0 Å². The van der Waals surface area contributed by atoms with Gasteiger partial charge in [-0.15, -0.1) is 0 Å². The molecule has 0 aliphatic heterocycles. The Kier molecular flexibility index (Phi) is 11.6. The quantitative estimate of drug-likeness (QED) is 0.254. The number of hydrogen-bond donors (Lipinski definition) is 0. The molecule has 0 unspecified atom stereocenters. The summed E-state index contributed by atoms with van der Waals surface area (Å²) >= 11 is -2.91. The van der Waals surface area contributed by atoms with E-state index in [-0.39, 0.29) is 22.9 Å². The van der Waals surface area contributed by atoms with Crippen LogP contribution in [0.25, 0.3) is 0 Å². The van der Waals surface area contributed by atoms with Gasteiger partial charge in [-0.3, -0.25) is 0 Å². The van der Waals surface area contributed by atoms with Crippen LogP contribution in [0.5, 0.6) is 11.5 Å². The Morgan fingerprint density at radius 2 is 1.15 bits per heavy atom. The second kappa shape index (κ2) is 13.7. The fourth-order valence-corrected chi connectivity index (χ4v) is 9.98. The van der Waals surface area contributed by atoms with Crippen LogP contribution in [0.3, 0.4) is 0 Å². The molecule has 3 nitrogen and oxygen atoms in total. The monoisotopic (exact) mass is 586 g/mol. The van der Waals surface area contributed by atoms with E-state index in [0.717, 1.165) is 24.3 Å². The molecule has 2 aromatic carbocycles. The number of benzene rings is 2. The fourth-order valence-electron chi connectivity index (χ4n) is 3.11. The topological polar surface area (TPSA) is 27.7 Å². The van der Waals surface area contributed by atoms with Gasteiger partial charge in [0.1, 0.15) is 0 Å². The van der Waals surface area contributed by atoms with E-state index in [9.17, 15) is 0 Å². The number of unbranched alkanes of at least 4 members (excludes halogenated alkanes) is 4. The van der Waals surface area contributed by atoms with Crippen molar-refractivity contribution in [2.45, 2.75) is 65.2 Å². The van der Waals surface area contributed by atoms with Gasteiger partial charge in [-0.1, -0.05) is 0 Å². The van der Waals surface area contributed by atoms with E-state index in [2.05, 4.69) is 50.2 Å². The zero-order valence-corrected chi connectivity index (χ0v) is 26.1. The molecule has 0 aliphatic rings. The van der Waals surface area contributed by atoms with E-state index in [4.69, 9.17) is 7.56 Å². The Bertz CT molecular complexity index is 608. The van der Waals surface area contributed by atoms with Crippen molar-refractivity contribution < 1.29 is 7.56 Å². The Labute approximate surface area is 186 Å². The van der Waals surface area contributed by atoms with Gasteiger partial charge >= 0.3 is 188 Å². The van der Waals surface area contributed by atoms with E-state index < -0.39 is 21.0 Å². The average molecular weight is 584 g/mol. The summed E-state index contributed by atoms with van der Waals surface area (Å²) in [5.74, 6) is 1.93. The Balaban J connectivity index is 2.04. The molecule has 2 aromatic rings. The fraction of sp³-hybridized carbons (Fsp3) is 0.455. The molecule has 0 bridgehead atoms. The van der Waals surface area contributed by atoms with E-state index in [1.54, 1.807) is 0 Å². The van der Waals surface area contributed by atoms with Crippen LogP contribution in [0.2, 0.25) is 0 Å². The number of aryl methyl sites for hydroxylation is 2. The van der Waals surface area contributed by atoms with Crippen LogP contribution in [0.1, 0.15) is 63.5 Å². The van der Waals surface area contributed by atoms with Crippen molar-refractivity contribution in [3.05, 3.63) is 59.7 Å². The molecule has 0 aromatic heterocycles. The summed E-state index contributed by atoms with van der Waals surface area (Å²) in [7, 11) is 0. The molecule has 0 spiro atoms. The molecule has 0 saturated heterocycles. The first kappa shape index (κ1) is 22.9. The van der Waals surface area contributed by atoms with Crippen LogP contribution in [0.15, 0.2) is 48.5 Å². The van der Waals surface area contributed by atoms with Crippen LogP contribution in [0, 0.1) is 0 Å². The third-order valence-corrected chi connectivity index (χ3v) is 15.7. The number of rotatable bonds is 13. The number of para-hydroxylation sites is 2. The molecular formula is C22H34O3Sn2. The molecule has 0 saturated carbocycles. The van der Waals surface area contributed by atoms with Gasteiger partial charge in [0.15, 0.2) is 0 Å². The van der Waals surface area contributed by atoms with E-state index >= 15 is 0 Å². The van der Waals surface area contributed by atoms with Crippen LogP contribution in [0.4, 0.5) is 0 Å².